The van der Waals surface area contributed by atoms with Crippen LogP contribution < -0.4 is 10.6 Å². The maximum absolute atomic E-state index is 12.4. The molecule has 2 amide bonds. The van der Waals surface area contributed by atoms with E-state index in [-0.39, 0.29) is 18.4 Å². The van der Waals surface area contributed by atoms with Crippen molar-refractivity contribution in [1.82, 2.24) is 10.6 Å². The van der Waals surface area contributed by atoms with Gasteiger partial charge >= 0.3 is 12.1 Å². The van der Waals surface area contributed by atoms with Gasteiger partial charge in [-0.1, -0.05) is 62.4 Å². The van der Waals surface area contributed by atoms with Crippen LogP contribution in [0.4, 0.5) is 4.79 Å². The molecule has 2 atom stereocenters. The number of carbonyl (C=O) groups excluding carboxylic acids is 2. The lowest BCUT2D eigenvalue weighted by Gasteiger charge is -2.19. The molecule has 0 saturated heterocycles. The number of carboxylic acids is 1. The molecule has 3 N–H and O–H groups in total. The minimum absolute atomic E-state index is 0.0433. The quantitative estimate of drug-likeness (QED) is 0.488. The molecule has 0 radical (unpaired) electrons. The first kappa shape index (κ1) is 23.3. The maximum Gasteiger partial charge on any atom is 0.407 e. The van der Waals surface area contributed by atoms with Crippen molar-refractivity contribution in [3.05, 3.63) is 59.7 Å². The minimum atomic E-state index is -0.848. The van der Waals surface area contributed by atoms with Crippen molar-refractivity contribution >= 4 is 18.0 Å². The van der Waals surface area contributed by atoms with Crippen LogP contribution in [0.25, 0.3) is 11.1 Å². The van der Waals surface area contributed by atoms with Crippen molar-refractivity contribution < 1.29 is 24.2 Å². The Kier molecular flexibility index (Phi) is 7.87. The molecule has 7 heteroatoms. The molecule has 0 aromatic heterocycles. The zero-order chi connectivity index (χ0) is 23.1. The van der Waals surface area contributed by atoms with Crippen LogP contribution in [0.3, 0.4) is 0 Å². The van der Waals surface area contributed by atoms with Crippen LogP contribution in [0.15, 0.2) is 48.5 Å². The Morgan fingerprint density at radius 1 is 1.03 bits per heavy atom. The van der Waals surface area contributed by atoms with E-state index in [4.69, 9.17) is 9.84 Å². The Morgan fingerprint density at radius 2 is 1.62 bits per heavy atom. The van der Waals surface area contributed by atoms with Crippen LogP contribution in [-0.4, -0.2) is 42.3 Å². The van der Waals surface area contributed by atoms with Gasteiger partial charge in [-0.3, -0.25) is 9.59 Å². The highest BCUT2D eigenvalue weighted by Crippen LogP contribution is 2.44. The molecule has 2 aromatic carbocycles. The number of fused-ring (bicyclic) bond motifs is 3. The van der Waals surface area contributed by atoms with Crippen molar-refractivity contribution in [3.63, 3.8) is 0 Å². The van der Waals surface area contributed by atoms with E-state index >= 15 is 0 Å². The summed E-state index contributed by atoms with van der Waals surface area (Å²) in [5.41, 5.74) is 4.56. The highest BCUT2D eigenvalue weighted by molar-refractivity contribution is 5.85. The number of rotatable bonds is 10. The summed E-state index contributed by atoms with van der Waals surface area (Å²) in [6, 6.07) is 15.5. The molecule has 1 aliphatic rings. The summed E-state index contributed by atoms with van der Waals surface area (Å²) in [7, 11) is 0. The van der Waals surface area contributed by atoms with Gasteiger partial charge in [0.25, 0.3) is 0 Å². The first-order valence-electron chi connectivity index (χ1n) is 11.0. The highest BCUT2D eigenvalue weighted by Gasteiger charge is 2.29. The summed E-state index contributed by atoms with van der Waals surface area (Å²) in [5, 5.41) is 14.3. The Balaban J connectivity index is 1.50. The van der Waals surface area contributed by atoms with Crippen LogP contribution in [0.5, 0.6) is 0 Å². The highest BCUT2D eigenvalue weighted by atomic mass is 16.5. The summed E-state index contributed by atoms with van der Waals surface area (Å²) in [6.45, 7) is 3.99. The number of carboxylic acid groups (broad SMARTS) is 1. The number of hydrogen-bond donors (Lipinski definition) is 3. The van der Waals surface area contributed by atoms with Gasteiger partial charge in [-0.25, -0.2) is 4.79 Å². The number of alkyl carbamates (subject to hydrolysis) is 1. The second kappa shape index (κ2) is 10.8. The summed E-state index contributed by atoms with van der Waals surface area (Å²) in [5.74, 6) is -1.64. The first-order chi connectivity index (χ1) is 15.4. The van der Waals surface area contributed by atoms with E-state index in [0.29, 0.717) is 25.8 Å². The Labute approximate surface area is 188 Å². The van der Waals surface area contributed by atoms with E-state index in [0.717, 1.165) is 22.3 Å². The largest absolute Gasteiger partial charge is 0.481 e. The average Bonchev–Trinajstić information content (AvgIpc) is 3.12. The molecular formula is C25H30N2O5. The van der Waals surface area contributed by atoms with Crippen LogP contribution in [0.2, 0.25) is 0 Å². The molecule has 0 aliphatic heterocycles. The number of carbonyl (C=O) groups is 3. The normalized spacial score (nSPS) is 14.1. The topological polar surface area (TPSA) is 105 Å². The van der Waals surface area contributed by atoms with Crippen LogP contribution in [0, 0.1) is 5.92 Å². The van der Waals surface area contributed by atoms with Crippen LogP contribution in [0.1, 0.15) is 50.2 Å². The molecule has 3 rings (SSSR count). The fraction of sp³-hybridized carbons (Fsp3) is 0.400. The number of aliphatic carboxylic acids is 1. The Hall–Kier alpha value is -3.35. The fourth-order valence-electron chi connectivity index (χ4n) is 4.00. The first-order valence-corrected chi connectivity index (χ1v) is 11.0. The van der Waals surface area contributed by atoms with Gasteiger partial charge in [0.2, 0.25) is 5.91 Å². The number of ether oxygens (including phenoxy) is 1. The summed E-state index contributed by atoms with van der Waals surface area (Å²) in [6.07, 6.45) is 0.822. The third-order valence-corrected chi connectivity index (χ3v) is 5.90. The molecule has 1 unspecified atom stereocenters. The molecule has 170 valence electrons. The monoisotopic (exact) mass is 438 g/mol. The third-order valence-electron chi connectivity index (χ3n) is 5.90. The predicted octanol–water partition coefficient (Wildman–Crippen LogP) is 3.92. The Bertz CT molecular complexity index is 929. The van der Waals surface area contributed by atoms with E-state index in [2.05, 4.69) is 34.9 Å². The number of benzene rings is 2. The number of amides is 2. The molecular weight excluding hydrogens is 408 g/mol. The molecule has 7 nitrogen and oxygen atoms in total. The zero-order valence-electron chi connectivity index (χ0n) is 18.5. The average molecular weight is 439 g/mol. The zero-order valence-corrected chi connectivity index (χ0v) is 18.5. The lowest BCUT2D eigenvalue weighted by atomic mass is 9.98. The molecule has 0 saturated carbocycles. The van der Waals surface area contributed by atoms with E-state index in [1.54, 1.807) is 13.8 Å². The van der Waals surface area contributed by atoms with Gasteiger partial charge in [0.1, 0.15) is 12.6 Å². The third kappa shape index (κ3) is 5.46. The van der Waals surface area contributed by atoms with Gasteiger partial charge in [-0.15, -0.1) is 0 Å². The van der Waals surface area contributed by atoms with Crippen LogP contribution >= 0.6 is 0 Å². The van der Waals surface area contributed by atoms with Gasteiger partial charge in [0.05, 0.1) is 5.92 Å². The SMILES string of the molecule is CC[C@H](NC(=O)OCC1c2ccccc2-c2ccccc21)C(=O)NCCCC(C)C(=O)O. The lowest BCUT2D eigenvalue weighted by molar-refractivity contribution is -0.141. The number of hydrogen-bond acceptors (Lipinski definition) is 4. The predicted molar refractivity (Wildman–Crippen MR) is 121 cm³/mol. The Morgan fingerprint density at radius 3 is 2.19 bits per heavy atom. The number of nitrogens with one attached hydrogen (secondary N) is 2. The second-order valence-electron chi connectivity index (χ2n) is 8.10. The smallest absolute Gasteiger partial charge is 0.407 e. The van der Waals surface area contributed by atoms with E-state index in [1.807, 2.05) is 24.3 Å². The van der Waals surface area contributed by atoms with Gasteiger partial charge < -0.3 is 20.5 Å². The fourth-order valence-corrected chi connectivity index (χ4v) is 4.00. The van der Waals surface area contributed by atoms with Gasteiger partial charge in [-0.2, -0.15) is 0 Å². The van der Waals surface area contributed by atoms with Gasteiger partial charge in [0, 0.05) is 12.5 Å². The molecule has 0 bridgehead atoms. The van der Waals surface area contributed by atoms with Crippen molar-refractivity contribution in [3.8, 4) is 11.1 Å². The maximum atomic E-state index is 12.4. The molecule has 1 aliphatic carbocycles. The molecule has 2 aromatic rings. The second-order valence-corrected chi connectivity index (χ2v) is 8.10. The van der Waals surface area contributed by atoms with E-state index in [1.165, 1.54) is 0 Å². The molecule has 0 fully saturated rings. The standard InChI is InChI=1S/C25H30N2O5/c1-3-22(23(28)26-14-8-9-16(2)24(29)30)27-25(31)32-15-21-19-12-6-4-10-17(19)18-11-5-7-13-20(18)21/h4-7,10-13,16,21-22H,3,8-9,14-15H2,1-2H3,(H,26,28)(H,27,31)(H,29,30)/t16?,22-/m0/s1. The van der Waals surface area contributed by atoms with Gasteiger partial charge in [-0.05, 0) is 41.5 Å². The minimum Gasteiger partial charge on any atom is -0.481 e. The lowest BCUT2D eigenvalue weighted by Crippen LogP contribution is -2.47. The van der Waals surface area contributed by atoms with E-state index < -0.39 is 24.0 Å². The van der Waals surface area contributed by atoms with Crippen molar-refractivity contribution in [2.24, 2.45) is 5.92 Å². The molecule has 32 heavy (non-hydrogen) atoms. The summed E-state index contributed by atoms with van der Waals surface area (Å²) in [4.78, 5) is 35.6. The van der Waals surface area contributed by atoms with Crippen molar-refractivity contribution in [1.29, 1.82) is 0 Å². The summed E-state index contributed by atoms with van der Waals surface area (Å²) >= 11 is 0. The molecule has 0 spiro atoms. The molecule has 0 heterocycles. The van der Waals surface area contributed by atoms with Crippen molar-refractivity contribution in [2.75, 3.05) is 13.2 Å². The van der Waals surface area contributed by atoms with Gasteiger partial charge in [0.15, 0.2) is 0 Å². The van der Waals surface area contributed by atoms with E-state index in [9.17, 15) is 14.4 Å². The van der Waals surface area contributed by atoms with Crippen LogP contribution in [-0.2, 0) is 14.3 Å². The summed E-state index contributed by atoms with van der Waals surface area (Å²) < 4.78 is 5.51. The van der Waals surface area contributed by atoms with Crippen molar-refractivity contribution in [2.45, 2.75) is 45.1 Å².